The lowest BCUT2D eigenvalue weighted by Crippen LogP contribution is -2.36. The minimum atomic E-state index is -0.772. The first-order chi connectivity index (χ1) is 14.5. The van der Waals surface area contributed by atoms with Gasteiger partial charge >= 0.3 is 0 Å². The number of amides is 1. The van der Waals surface area contributed by atoms with Gasteiger partial charge in [0.15, 0.2) is 0 Å². The van der Waals surface area contributed by atoms with Gasteiger partial charge in [0.1, 0.15) is 11.6 Å². The monoisotopic (exact) mass is 412 g/mol. The maximum Gasteiger partial charge on any atom is 0.252 e. The Morgan fingerprint density at radius 2 is 1.73 bits per heavy atom. The number of rotatable bonds is 5. The smallest absolute Gasteiger partial charge is 0.252 e. The van der Waals surface area contributed by atoms with Gasteiger partial charge in [-0.15, -0.1) is 0 Å². The Hall–Kier alpha value is -3.66. The molecule has 3 N–H and O–H groups in total. The number of anilines is 3. The third-order valence-corrected chi connectivity index (χ3v) is 4.65. The van der Waals surface area contributed by atoms with Gasteiger partial charge in [-0.3, -0.25) is 9.78 Å². The molecule has 2 aromatic heterocycles. The summed E-state index contributed by atoms with van der Waals surface area (Å²) < 4.78 is 33.6. The Bertz CT molecular complexity index is 1050. The molecule has 3 aromatic rings. The van der Waals surface area contributed by atoms with E-state index in [4.69, 9.17) is 10.5 Å². The van der Waals surface area contributed by atoms with Crippen molar-refractivity contribution in [1.29, 1.82) is 0 Å². The molecule has 0 bridgehead atoms. The van der Waals surface area contributed by atoms with Crippen molar-refractivity contribution in [2.75, 3.05) is 36.5 Å². The van der Waals surface area contributed by atoms with Gasteiger partial charge in [0.2, 0.25) is 5.95 Å². The highest BCUT2D eigenvalue weighted by molar-refractivity contribution is 5.99. The molecule has 0 aliphatic carbocycles. The first-order valence-corrected chi connectivity index (χ1v) is 9.19. The lowest BCUT2D eigenvalue weighted by molar-refractivity contribution is 0.100. The summed E-state index contributed by atoms with van der Waals surface area (Å²) >= 11 is 0. The van der Waals surface area contributed by atoms with Crippen molar-refractivity contribution < 1.29 is 18.3 Å². The number of morpholine rings is 1. The molecule has 4 rings (SSSR count). The number of nitrogens with zero attached hydrogens (tertiary/aromatic N) is 4. The van der Waals surface area contributed by atoms with E-state index in [0.717, 1.165) is 37.1 Å². The second kappa shape index (κ2) is 8.37. The van der Waals surface area contributed by atoms with Crippen LogP contribution in [0, 0.1) is 11.6 Å². The second-order valence-electron chi connectivity index (χ2n) is 6.57. The zero-order valence-electron chi connectivity index (χ0n) is 15.8. The van der Waals surface area contributed by atoms with Crippen LogP contribution >= 0.6 is 0 Å². The average Bonchev–Trinajstić information content (AvgIpc) is 2.75. The number of carbonyl (C=O) groups excluding carboxylic acids is 1. The number of ether oxygens (including phenoxy) is 1. The fraction of sp³-hybridized carbons (Fsp3) is 0.200. The molecule has 0 spiro atoms. The van der Waals surface area contributed by atoms with Crippen LogP contribution < -0.4 is 16.0 Å². The van der Waals surface area contributed by atoms with Gasteiger partial charge in [-0.05, 0) is 18.2 Å². The van der Waals surface area contributed by atoms with Crippen molar-refractivity contribution >= 4 is 23.2 Å². The first kappa shape index (κ1) is 19.6. The van der Waals surface area contributed by atoms with Crippen LogP contribution in [0.5, 0.6) is 0 Å². The van der Waals surface area contributed by atoms with Gasteiger partial charge in [-0.1, -0.05) is 6.07 Å². The molecule has 0 atom stereocenters. The molecular weight excluding hydrogens is 394 g/mol. The van der Waals surface area contributed by atoms with Gasteiger partial charge in [-0.25, -0.2) is 18.7 Å². The van der Waals surface area contributed by atoms with Crippen LogP contribution in [0.15, 0.2) is 42.9 Å². The number of hydrogen-bond acceptors (Lipinski definition) is 7. The van der Waals surface area contributed by atoms with E-state index in [1.165, 1.54) is 12.1 Å². The normalized spacial score (nSPS) is 13.9. The zero-order chi connectivity index (χ0) is 21.1. The number of halogens is 2. The van der Waals surface area contributed by atoms with Crippen molar-refractivity contribution in [3.8, 4) is 11.3 Å². The Balaban J connectivity index is 1.65. The third-order valence-electron chi connectivity index (χ3n) is 4.65. The SMILES string of the molecule is NC(=O)c1cnc(-c2c(F)cccc2F)cc1Nc1ncc(N2CCOCC2)cn1. The van der Waals surface area contributed by atoms with E-state index < -0.39 is 17.5 Å². The van der Waals surface area contributed by atoms with Crippen LogP contribution in [0.2, 0.25) is 0 Å². The van der Waals surface area contributed by atoms with Gasteiger partial charge in [0.25, 0.3) is 5.91 Å². The Morgan fingerprint density at radius 1 is 1.07 bits per heavy atom. The lowest BCUT2D eigenvalue weighted by atomic mass is 10.1. The number of hydrogen-bond donors (Lipinski definition) is 2. The molecule has 10 heteroatoms. The summed E-state index contributed by atoms with van der Waals surface area (Å²) in [7, 11) is 0. The quantitative estimate of drug-likeness (QED) is 0.663. The summed E-state index contributed by atoms with van der Waals surface area (Å²) in [5.41, 5.74) is 6.17. The summed E-state index contributed by atoms with van der Waals surface area (Å²) in [6.45, 7) is 2.75. The summed E-state index contributed by atoms with van der Waals surface area (Å²) in [5, 5.41) is 2.88. The second-order valence-corrected chi connectivity index (χ2v) is 6.57. The topological polar surface area (TPSA) is 106 Å². The van der Waals surface area contributed by atoms with Crippen molar-refractivity contribution in [2.24, 2.45) is 5.73 Å². The van der Waals surface area contributed by atoms with E-state index in [1.54, 1.807) is 12.4 Å². The van der Waals surface area contributed by atoms with Crippen LogP contribution in [-0.4, -0.2) is 47.2 Å². The number of pyridine rings is 1. The average molecular weight is 412 g/mol. The number of primary amides is 1. The van der Waals surface area contributed by atoms with Crippen LogP contribution in [0.1, 0.15) is 10.4 Å². The van der Waals surface area contributed by atoms with E-state index in [1.807, 2.05) is 0 Å². The maximum atomic E-state index is 14.1. The first-order valence-electron chi connectivity index (χ1n) is 9.19. The number of nitrogens with two attached hydrogens (primary N) is 1. The molecular formula is C20H18F2N6O2. The maximum absolute atomic E-state index is 14.1. The molecule has 3 heterocycles. The number of carbonyl (C=O) groups is 1. The number of benzene rings is 1. The molecule has 1 fully saturated rings. The highest BCUT2D eigenvalue weighted by Gasteiger charge is 2.18. The van der Waals surface area contributed by atoms with Crippen molar-refractivity contribution in [3.05, 3.63) is 60.1 Å². The third kappa shape index (κ3) is 4.03. The summed E-state index contributed by atoms with van der Waals surface area (Å²) in [5.74, 6) is -2.10. The molecule has 0 unspecified atom stereocenters. The Kier molecular flexibility index (Phi) is 5.48. The Labute approximate surface area is 170 Å². The number of aromatic nitrogens is 3. The van der Waals surface area contributed by atoms with Crippen LogP contribution in [-0.2, 0) is 4.74 Å². The highest BCUT2D eigenvalue weighted by atomic mass is 19.1. The molecule has 0 saturated carbocycles. The van der Waals surface area contributed by atoms with Gasteiger partial charge < -0.3 is 20.7 Å². The molecule has 0 radical (unpaired) electrons. The van der Waals surface area contributed by atoms with E-state index in [2.05, 4.69) is 25.2 Å². The predicted octanol–water partition coefficient (Wildman–Crippen LogP) is 2.50. The minimum absolute atomic E-state index is 0.00281. The predicted molar refractivity (Wildman–Crippen MR) is 106 cm³/mol. The summed E-state index contributed by atoms with van der Waals surface area (Å²) in [4.78, 5) is 26.4. The van der Waals surface area contributed by atoms with E-state index in [-0.39, 0.29) is 28.5 Å². The van der Waals surface area contributed by atoms with Gasteiger partial charge in [0, 0.05) is 19.3 Å². The number of nitrogens with one attached hydrogen (secondary N) is 1. The highest BCUT2D eigenvalue weighted by Crippen LogP contribution is 2.29. The standard InChI is InChI=1S/C20H18F2N6O2/c21-14-2-1-3-15(22)18(14)17-8-16(13(11-24-17)19(23)29)27-20-25-9-12(10-26-20)28-4-6-30-7-5-28/h1-3,8-11H,4-7H2,(H2,23,29)(H,24,25,26,27). The van der Waals surface area contributed by atoms with E-state index >= 15 is 0 Å². The molecule has 1 aliphatic rings. The van der Waals surface area contributed by atoms with Gasteiger partial charge in [-0.2, -0.15) is 0 Å². The van der Waals surface area contributed by atoms with Crippen molar-refractivity contribution in [3.63, 3.8) is 0 Å². The minimum Gasteiger partial charge on any atom is -0.378 e. The molecule has 1 amide bonds. The molecule has 1 saturated heterocycles. The summed E-state index contributed by atoms with van der Waals surface area (Å²) in [6, 6.07) is 4.85. The lowest BCUT2D eigenvalue weighted by Gasteiger charge is -2.28. The fourth-order valence-corrected chi connectivity index (χ4v) is 3.13. The van der Waals surface area contributed by atoms with Crippen LogP contribution in [0.4, 0.5) is 26.1 Å². The van der Waals surface area contributed by atoms with E-state index in [0.29, 0.717) is 13.2 Å². The molecule has 154 valence electrons. The van der Waals surface area contributed by atoms with Crippen molar-refractivity contribution in [2.45, 2.75) is 0 Å². The van der Waals surface area contributed by atoms with E-state index in [9.17, 15) is 13.6 Å². The van der Waals surface area contributed by atoms with Crippen LogP contribution in [0.25, 0.3) is 11.3 Å². The molecule has 1 aliphatic heterocycles. The van der Waals surface area contributed by atoms with Crippen molar-refractivity contribution in [1.82, 2.24) is 15.0 Å². The fourth-order valence-electron chi connectivity index (χ4n) is 3.13. The molecule has 30 heavy (non-hydrogen) atoms. The Morgan fingerprint density at radius 3 is 2.37 bits per heavy atom. The van der Waals surface area contributed by atoms with Crippen LogP contribution in [0.3, 0.4) is 0 Å². The zero-order valence-corrected chi connectivity index (χ0v) is 15.8. The largest absolute Gasteiger partial charge is 0.378 e. The summed E-state index contributed by atoms with van der Waals surface area (Å²) in [6.07, 6.45) is 4.44. The van der Waals surface area contributed by atoms with Gasteiger partial charge in [0.05, 0.1) is 53.8 Å². The molecule has 8 nitrogen and oxygen atoms in total. The molecule has 1 aromatic carbocycles.